The van der Waals surface area contributed by atoms with Gasteiger partial charge in [0.25, 0.3) is 5.56 Å². The number of aromatic nitrogens is 1. The molecule has 0 radical (unpaired) electrons. The largest absolute Gasteiger partial charge is 0.463 e. The second-order valence-corrected chi connectivity index (χ2v) is 9.65. The maximum atomic E-state index is 13.7. The maximum Gasteiger partial charge on any atom is 0.338 e. The lowest BCUT2D eigenvalue weighted by molar-refractivity contribution is -0.139. The highest BCUT2D eigenvalue weighted by Gasteiger charge is 2.33. The van der Waals surface area contributed by atoms with Crippen molar-refractivity contribution in [3.05, 3.63) is 78.7 Å². The molecule has 3 heterocycles. The van der Waals surface area contributed by atoms with E-state index in [1.807, 2.05) is 55.4 Å². The fraction of sp³-hybridized carbons (Fsp3) is 0.370. The first-order chi connectivity index (χ1) is 17.3. The Hall–Kier alpha value is -3.59. The van der Waals surface area contributed by atoms with E-state index < -0.39 is 12.0 Å². The number of nitrogens with zero attached hydrogens (tertiary/aromatic N) is 4. The summed E-state index contributed by atoms with van der Waals surface area (Å²) in [4.78, 5) is 36.0. The third-order valence-corrected chi connectivity index (χ3v) is 7.19. The lowest BCUT2D eigenvalue weighted by Gasteiger charge is -2.25. The Labute approximate surface area is 214 Å². The van der Waals surface area contributed by atoms with Crippen molar-refractivity contribution in [1.82, 2.24) is 4.57 Å². The van der Waals surface area contributed by atoms with Crippen LogP contribution in [-0.4, -0.2) is 44.3 Å². The summed E-state index contributed by atoms with van der Waals surface area (Å²) < 4.78 is 13.4. The van der Waals surface area contributed by atoms with E-state index in [4.69, 9.17) is 9.15 Å². The van der Waals surface area contributed by atoms with Crippen LogP contribution in [0.5, 0.6) is 0 Å². The molecule has 2 aromatic heterocycles. The summed E-state index contributed by atoms with van der Waals surface area (Å²) in [6, 6.07) is 11.0. The molecule has 0 N–H and O–H groups in total. The fourth-order valence-corrected chi connectivity index (χ4v) is 5.34. The molecule has 0 aliphatic carbocycles. The van der Waals surface area contributed by atoms with Crippen molar-refractivity contribution in [3.63, 3.8) is 0 Å². The standard InChI is InChI=1S/C27H32N4O4S/c1-7-30(8-2)22-15-14-20(35-22)16-21-25(32)31-24(18-10-12-19(13-11-18)29(5)6)23(26(33)34-9-3)17(4)28-27(31)36-21/h10-16,24H,7-9H2,1-6H3/b21-16+. The molecule has 4 rings (SSSR count). The molecule has 1 aromatic carbocycles. The Morgan fingerprint density at radius 1 is 1.14 bits per heavy atom. The van der Waals surface area contributed by atoms with E-state index in [9.17, 15) is 9.59 Å². The van der Waals surface area contributed by atoms with E-state index in [0.717, 1.165) is 30.2 Å². The predicted octanol–water partition coefficient (Wildman–Crippen LogP) is 3.30. The number of thiazole rings is 1. The molecule has 3 aromatic rings. The fourth-order valence-electron chi connectivity index (χ4n) is 4.32. The van der Waals surface area contributed by atoms with Crippen molar-refractivity contribution in [3.8, 4) is 0 Å². The summed E-state index contributed by atoms with van der Waals surface area (Å²) in [6.07, 6.45) is 1.74. The Balaban J connectivity index is 1.87. The SMILES string of the molecule is CCOC(=O)C1=C(C)N=c2s/c(=C/c3ccc(N(CC)CC)o3)c(=O)n2C1c1ccc(N(C)C)cc1. The van der Waals surface area contributed by atoms with E-state index in [2.05, 4.69) is 23.7 Å². The zero-order valence-electron chi connectivity index (χ0n) is 21.6. The average molecular weight is 509 g/mol. The molecular weight excluding hydrogens is 476 g/mol. The van der Waals surface area contributed by atoms with Crippen LogP contribution in [0.25, 0.3) is 6.08 Å². The van der Waals surface area contributed by atoms with Gasteiger partial charge in [0.1, 0.15) is 5.76 Å². The van der Waals surface area contributed by atoms with Gasteiger partial charge in [-0.3, -0.25) is 9.36 Å². The number of hydrogen-bond acceptors (Lipinski definition) is 8. The van der Waals surface area contributed by atoms with Crippen LogP contribution >= 0.6 is 11.3 Å². The van der Waals surface area contributed by atoms with Crippen molar-refractivity contribution in [2.75, 3.05) is 43.6 Å². The molecule has 0 spiro atoms. The van der Waals surface area contributed by atoms with E-state index in [1.165, 1.54) is 11.3 Å². The summed E-state index contributed by atoms with van der Waals surface area (Å²) in [6.45, 7) is 9.58. The number of ether oxygens (including phenoxy) is 1. The first-order valence-corrected chi connectivity index (χ1v) is 12.9. The monoisotopic (exact) mass is 508 g/mol. The zero-order chi connectivity index (χ0) is 26.0. The van der Waals surface area contributed by atoms with Gasteiger partial charge in [-0.05, 0) is 51.5 Å². The topological polar surface area (TPSA) is 80.3 Å². The third kappa shape index (κ3) is 4.75. The third-order valence-electron chi connectivity index (χ3n) is 6.20. The number of furan rings is 1. The van der Waals surface area contributed by atoms with Crippen LogP contribution in [0, 0.1) is 0 Å². The highest BCUT2D eigenvalue weighted by atomic mass is 32.1. The summed E-state index contributed by atoms with van der Waals surface area (Å²) >= 11 is 1.28. The second-order valence-electron chi connectivity index (χ2n) is 8.64. The Morgan fingerprint density at radius 3 is 2.44 bits per heavy atom. The van der Waals surface area contributed by atoms with Crippen molar-refractivity contribution >= 4 is 35.0 Å². The van der Waals surface area contributed by atoms with Crippen LogP contribution < -0.4 is 24.7 Å². The predicted molar refractivity (Wildman–Crippen MR) is 143 cm³/mol. The van der Waals surface area contributed by atoms with E-state index >= 15 is 0 Å². The van der Waals surface area contributed by atoms with Crippen LogP contribution in [0.2, 0.25) is 0 Å². The van der Waals surface area contributed by atoms with Gasteiger partial charge in [-0.15, -0.1) is 0 Å². The molecular formula is C27H32N4O4S. The van der Waals surface area contributed by atoms with Crippen LogP contribution in [0.15, 0.2) is 61.9 Å². The number of carbonyl (C=O) groups is 1. The first-order valence-electron chi connectivity index (χ1n) is 12.1. The first kappa shape index (κ1) is 25.5. The lowest BCUT2D eigenvalue weighted by atomic mass is 9.95. The Morgan fingerprint density at radius 2 is 1.83 bits per heavy atom. The van der Waals surface area contributed by atoms with E-state index in [1.54, 1.807) is 24.5 Å². The summed E-state index contributed by atoms with van der Waals surface area (Å²) in [5.74, 6) is 0.887. The van der Waals surface area contributed by atoms with Gasteiger partial charge >= 0.3 is 5.97 Å². The van der Waals surface area contributed by atoms with Gasteiger partial charge in [0.2, 0.25) is 0 Å². The van der Waals surface area contributed by atoms with Gasteiger partial charge in [-0.25, -0.2) is 9.79 Å². The quantitative estimate of drug-likeness (QED) is 0.435. The van der Waals surface area contributed by atoms with Crippen LogP contribution in [0.3, 0.4) is 0 Å². The summed E-state index contributed by atoms with van der Waals surface area (Å²) in [5, 5.41) is 0. The summed E-state index contributed by atoms with van der Waals surface area (Å²) in [7, 11) is 3.93. The minimum Gasteiger partial charge on any atom is -0.463 e. The smallest absolute Gasteiger partial charge is 0.338 e. The maximum absolute atomic E-state index is 13.7. The van der Waals surface area contributed by atoms with Gasteiger partial charge in [-0.2, -0.15) is 0 Å². The Bertz CT molecular complexity index is 1460. The van der Waals surface area contributed by atoms with E-state index in [0.29, 0.717) is 26.4 Å². The molecule has 9 heteroatoms. The molecule has 8 nitrogen and oxygen atoms in total. The van der Waals surface area contributed by atoms with Crippen molar-refractivity contribution in [1.29, 1.82) is 0 Å². The number of fused-ring (bicyclic) bond motifs is 1. The number of carbonyl (C=O) groups excluding carboxylic acids is 1. The normalized spacial score (nSPS) is 15.5. The van der Waals surface area contributed by atoms with Crippen LogP contribution in [-0.2, 0) is 9.53 Å². The van der Waals surface area contributed by atoms with Gasteiger partial charge in [-0.1, -0.05) is 23.5 Å². The molecule has 0 bridgehead atoms. The number of benzene rings is 1. The van der Waals surface area contributed by atoms with Gasteiger partial charge in [0.15, 0.2) is 10.7 Å². The molecule has 0 saturated heterocycles. The summed E-state index contributed by atoms with van der Waals surface area (Å²) in [5.41, 5.74) is 2.52. The Kier molecular flexibility index (Phi) is 7.49. The highest BCUT2D eigenvalue weighted by Crippen LogP contribution is 2.31. The molecule has 1 atom stereocenters. The zero-order valence-corrected chi connectivity index (χ0v) is 22.4. The van der Waals surface area contributed by atoms with Crippen molar-refractivity contribution in [2.45, 2.75) is 33.7 Å². The number of esters is 1. The molecule has 1 aliphatic rings. The minimum atomic E-state index is -0.638. The minimum absolute atomic E-state index is 0.226. The van der Waals surface area contributed by atoms with Gasteiger partial charge in [0.05, 0.1) is 28.5 Å². The molecule has 1 unspecified atom stereocenters. The molecule has 0 amide bonds. The van der Waals surface area contributed by atoms with E-state index in [-0.39, 0.29) is 12.2 Å². The van der Waals surface area contributed by atoms with Crippen LogP contribution in [0.4, 0.5) is 11.6 Å². The number of allylic oxidation sites excluding steroid dienone is 1. The molecule has 36 heavy (non-hydrogen) atoms. The number of anilines is 2. The number of rotatable bonds is 8. The molecule has 1 aliphatic heterocycles. The molecule has 190 valence electrons. The second kappa shape index (κ2) is 10.6. The highest BCUT2D eigenvalue weighted by molar-refractivity contribution is 7.07. The molecule has 0 saturated carbocycles. The molecule has 0 fully saturated rings. The average Bonchev–Trinajstić information content (AvgIpc) is 3.43. The van der Waals surface area contributed by atoms with Gasteiger partial charge in [0, 0.05) is 45.0 Å². The van der Waals surface area contributed by atoms with Crippen molar-refractivity contribution < 1.29 is 13.9 Å². The van der Waals surface area contributed by atoms with Gasteiger partial charge < -0.3 is 19.0 Å². The van der Waals surface area contributed by atoms with Crippen molar-refractivity contribution in [2.24, 2.45) is 4.99 Å². The lowest BCUT2D eigenvalue weighted by Crippen LogP contribution is -2.39. The van der Waals surface area contributed by atoms with Crippen LogP contribution in [0.1, 0.15) is 45.1 Å². The number of hydrogen-bond donors (Lipinski definition) is 0.